The fourth-order valence-corrected chi connectivity index (χ4v) is 2.66. The highest BCUT2D eigenvalue weighted by Crippen LogP contribution is 2.19. The lowest BCUT2D eigenvalue weighted by molar-refractivity contribution is 0.112. The molecule has 1 fully saturated rings. The molecule has 0 amide bonds. The maximum Gasteiger partial charge on any atom is 0.150 e. The van der Waals surface area contributed by atoms with Crippen LogP contribution in [0.1, 0.15) is 42.1 Å². The summed E-state index contributed by atoms with van der Waals surface area (Å²) in [6.07, 6.45) is 4.58. The van der Waals surface area contributed by atoms with Crippen LogP contribution >= 0.6 is 0 Å². The van der Waals surface area contributed by atoms with Crippen molar-refractivity contribution >= 4 is 6.29 Å². The van der Waals surface area contributed by atoms with Crippen molar-refractivity contribution in [2.75, 3.05) is 26.2 Å². The second-order valence-corrected chi connectivity index (χ2v) is 5.87. The fourth-order valence-electron chi connectivity index (χ4n) is 2.66. The summed E-state index contributed by atoms with van der Waals surface area (Å²) in [5.41, 5.74) is 1.73. The molecule has 0 unspecified atom stereocenters. The summed E-state index contributed by atoms with van der Waals surface area (Å²) < 4.78 is 5.81. The summed E-state index contributed by atoms with van der Waals surface area (Å²) >= 11 is 0. The monoisotopic (exact) mass is 275 g/mol. The van der Waals surface area contributed by atoms with E-state index in [0.29, 0.717) is 5.56 Å². The molecule has 1 aliphatic rings. The molecule has 1 heterocycles. The van der Waals surface area contributed by atoms with Gasteiger partial charge in [-0.1, -0.05) is 6.92 Å². The highest BCUT2D eigenvalue weighted by Gasteiger charge is 2.14. The quantitative estimate of drug-likeness (QED) is 0.589. The van der Waals surface area contributed by atoms with Crippen LogP contribution in [0.4, 0.5) is 0 Å². The summed E-state index contributed by atoms with van der Waals surface area (Å²) in [7, 11) is 0. The third-order valence-corrected chi connectivity index (χ3v) is 4.09. The molecule has 1 aromatic carbocycles. The first-order valence-corrected chi connectivity index (χ1v) is 7.60. The Hall–Kier alpha value is -1.35. The van der Waals surface area contributed by atoms with E-state index in [1.807, 2.05) is 19.1 Å². The molecule has 0 radical (unpaired) electrons. The van der Waals surface area contributed by atoms with Gasteiger partial charge in [-0.05, 0) is 69.0 Å². The topological polar surface area (TPSA) is 29.5 Å². The molecule has 1 aliphatic heterocycles. The summed E-state index contributed by atoms with van der Waals surface area (Å²) in [6, 6.07) is 5.57. The van der Waals surface area contributed by atoms with Crippen molar-refractivity contribution in [3.05, 3.63) is 29.3 Å². The maximum absolute atomic E-state index is 10.7. The number of carbonyl (C=O) groups excluding carboxylic acids is 1. The standard InChI is InChI=1S/C17H25NO2/c1-14-6-9-18(10-7-14)8-3-11-20-17-5-4-16(13-19)12-15(17)2/h4-5,12-14H,3,6-11H2,1-2H3. The number of likely N-dealkylation sites (tertiary alicyclic amines) is 1. The van der Waals surface area contributed by atoms with Crippen LogP contribution in [0.15, 0.2) is 18.2 Å². The van der Waals surface area contributed by atoms with Crippen LogP contribution in [-0.4, -0.2) is 37.4 Å². The highest BCUT2D eigenvalue weighted by atomic mass is 16.5. The van der Waals surface area contributed by atoms with E-state index in [-0.39, 0.29) is 0 Å². The van der Waals surface area contributed by atoms with Crippen LogP contribution in [0.5, 0.6) is 5.75 Å². The number of ether oxygens (including phenoxy) is 1. The first-order chi connectivity index (χ1) is 9.69. The van der Waals surface area contributed by atoms with E-state index in [0.717, 1.165) is 43.1 Å². The summed E-state index contributed by atoms with van der Waals surface area (Å²) in [5.74, 6) is 1.78. The zero-order valence-corrected chi connectivity index (χ0v) is 12.6. The van der Waals surface area contributed by atoms with Crippen molar-refractivity contribution in [3.8, 4) is 5.75 Å². The van der Waals surface area contributed by atoms with Gasteiger partial charge in [-0.2, -0.15) is 0 Å². The van der Waals surface area contributed by atoms with Crippen LogP contribution in [0.3, 0.4) is 0 Å². The van der Waals surface area contributed by atoms with Crippen molar-refractivity contribution in [2.24, 2.45) is 5.92 Å². The Morgan fingerprint density at radius 2 is 2.10 bits per heavy atom. The molecule has 1 saturated heterocycles. The lowest BCUT2D eigenvalue weighted by atomic mass is 9.99. The second-order valence-electron chi connectivity index (χ2n) is 5.87. The number of hydrogen-bond acceptors (Lipinski definition) is 3. The van der Waals surface area contributed by atoms with Gasteiger partial charge in [-0.15, -0.1) is 0 Å². The molecule has 1 aromatic rings. The largest absolute Gasteiger partial charge is 0.493 e. The number of nitrogens with zero attached hydrogens (tertiary/aromatic N) is 1. The van der Waals surface area contributed by atoms with E-state index in [1.54, 1.807) is 6.07 Å². The number of hydrogen-bond donors (Lipinski definition) is 0. The Bertz CT molecular complexity index is 437. The van der Waals surface area contributed by atoms with Gasteiger partial charge in [0.15, 0.2) is 0 Å². The Morgan fingerprint density at radius 1 is 1.35 bits per heavy atom. The minimum Gasteiger partial charge on any atom is -0.493 e. The van der Waals surface area contributed by atoms with Crippen molar-refractivity contribution in [1.82, 2.24) is 4.90 Å². The molecule has 20 heavy (non-hydrogen) atoms. The van der Waals surface area contributed by atoms with Gasteiger partial charge in [0.05, 0.1) is 6.61 Å². The molecule has 0 spiro atoms. The summed E-state index contributed by atoms with van der Waals surface area (Å²) in [6.45, 7) is 8.65. The van der Waals surface area contributed by atoms with Crippen molar-refractivity contribution in [1.29, 1.82) is 0 Å². The number of aldehydes is 1. The van der Waals surface area contributed by atoms with Crippen LogP contribution in [0.25, 0.3) is 0 Å². The van der Waals surface area contributed by atoms with Gasteiger partial charge in [0.25, 0.3) is 0 Å². The van der Waals surface area contributed by atoms with E-state index in [4.69, 9.17) is 4.74 Å². The Balaban J connectivity index is 1.69. The molecule has 110 valence electrons. The second kappa shape index (κ2) is 7.44. The third-order valence-electron chi connectivity index (χ3n) is 4.09. The van der Waals surface area contributed by atoms with Gasteiger partial charge in [0, 0.05) is 12.1 Å². The SMILES string of the molecule is Cc1cc(C=O)ccc1OCCCN1CCC(C)CC1. The summed E-state index contributed by atoms with van der Waals surface area (Å²) in [4.78, 5) is 13.2. The number of rotatable bonds is 6. The number of aryl methyl sites for hydroxylation is 1. The first kappa shape index (κ1) is 15.0. The Kier molecular flexibility index (Phi) is 5.60. The molecule has 0 N–H and O–H groups in total. The van der Waals surface area contributed by atoms with Crippen LogP contribution in [0.2, 0.25) is 0 Å². The lowest BCUT2D eigenvalue weighted by Gasteiger charge is -2.30. The van der Waals surface area contributed by atoms with Gasteiger partial charge in [-0.25, -0.2) is 0 Å². The van der Waals surface area contributed by atoms with Crippen LogP contribution in [0, 0.1) is 12.8 Å². The van der Waals surface area contributed by atoms with Crippen molar-refractivity contribution in [3.63, 3.8) is 0 Å². The van der Waals surface area contributed by atoms with Crippen molar-refractivity contribution in [2.45, 2.75) is 33.1 Å². The Morgan fingerprint density at radius 3 is 2.75 bits per heavy atom. The molecule has 2 rings (SSSR count). The van der Waals surface area contributed by atoms with E-state index in [1.165, 1.54) is 25.9 Å². The van der Waals surface area contributed by atoms with Gasteiger partial charge in [0.2, 0.25) is 0 Å². The van der Waals surface area contributed by atoms with Crippen molar-refractivity contribution < 1.29 is 9.53 Å². The van der Waals surface area contributed by atoms with Crippen LogP contribution < -0.4 is 4.74 Å². The van der Waals surface area contributed by atoms with Gasteiger partial charge >= 0.3 is 0 Å². The predicted molar refractivity (Wildman–Crippen MR) is 81.5 cm³/mol. The summed E-state index contributed by atoms with van der Waals surface area (Å²) in [5, 5.41) is 0. The van der Waals surface area contributed by atoms with Gasteiger partial charge in [0.1, 0.15) is 12.0 Å². The molecule has 3 heteroatoms. The normalized spacial score (nSPS) is 17.1. The molecule has 0 aromatic heterocycles. The van der Waals surface area contributed by atoms with Gasteiger partial charge < -0.3 is 9.64 Å². The highest BCUT2D eigenvalue weighted by molar-refractivity contribution is 5.75. The first-order valence-electron chi connectivity index (χ1n) is 7.60. The molecule has 0 saturated carbocycles. The average Bonchev–Trinajstić information content (AvgIpc) is 2.46. The lowest BCUT2D eigenvalue weighted by Crippen LogP contribution is -2.34. The van der Waals surface area contributed by atoms with Gasteiger partial charge in [-0.3, -0.25) is 4.79 Å². The molecular weight excluding hydrogens is 250 g/mol. The molecule has 0 aliphatic carbocycles. The fraction of sp³-hybridized carbons (Fsp3) is 0.588. The average molecular weight is 275 g/mol. The van der Waals surface area contributed by atoms with E-state index < -0.39 is 0 Å². The minimum atomic E-state index is 0.706. The minimum absolute atomic E-state index is 0.706. The number of piperidine rings is 1. The third kappa shape index (κ3) is 4.34. The molecule has 0 atom stereocenters. The van der Waals surface area contributed by atoms with E-state index >= 15 is 0 Å². The molecular formula is C17H25NO2. The molecule has 3 nitrogen and oxygen atoms in total. The smallest absolute Gasteiger partial charge is 0.150 e. The maximum atomic E-state index is 10.7. The number of benzene rings is 1. The predicted octanol–water partition coefficient (Wildman–Crippen LogP) is 3.31. The van der Waals surface area contributed by atoms with Crippen LogP contribution in [-0.2, 0) is 0 Å². The number of carbonyl (C=O) groups is 1. The zero-order chi connectivity index (χ0) is 14.4. The van der Waals surface area contributed by atoms with E-state index in [2.05, 4.69) is 11.8 Å². The molecule has 0 bridgehead atoms. The zero-order valence-electron chi connectivity index (χ0n) is 12.6. The Labute approximate surface area is 121 Å². The van der Waals surface area contributed by atoms with E-state index in [9.17, 15) is 4.79 Å².